The van der Waals surface area contributed by atoms with Gasteiger partial charge >= 0.3 is 0 Å². The van der Waals surface area contributed by atoms with Gasteiger partial charge in [-0.1, -0.05) is 18.7 Å². The van der Waals surface area contributed by atoms with E-state index in [1.54, 1.807) is 18.0 Å². The largest absolute Gasteiger partial charge is 0.440 e. The molecule has 0 bridgehead atoms. The van der Waals surface area contributed by atoms with Gasteiger partial charge in [-0.25, -0.2) is 4.98 Å². The van der Waals surface area contributed by atoms with E-state index in [-0.39, 0.29) is 5.54 Å². The van der Waals surface area contributed by atoms with Crippen molar-refractivity contribution in [2.75, 3.05) is 12.8 Å². The molecule has 1 rings (SSSR count). The molecule has 1 unspecified atom stereocenters. The fourth-order valence-electron chi connectivity index (χ4n) is 1.60. The van der Waals surface area contributed by atoms with Crippen LogP contribution in [0.4, 0.5) is 0 Å². The Morgan fingerprint density at radius 3 is 2.88 bits per heavy atom. The zero-order chi connectivity index (χ0) is 12.7. The van der Waals surface area contributed by atoms with Gasteiger partial charge in [0.2, 0.25) is 0 Å². The van der Waals surface area contributed by atoms with E-state index in [0.29, 0.717) is 5.22 Å². The highest BCUT2D eigenvalue weighted by atomic mass is 32.2. The van der Waals surface area contributed by atoms with Crippen molar-refractivity contribution in [2.24, 2.45) is 0 Å². The molecule has 17 heavy (non-hydrogen) atoms. The summed E-state index contributed by atoms with van der Waals surface area (Å²) in [6.45, 7) is 3.94. The molecule has 5 heteroatoms. The van der Waals surface area contributed by atoms with E-state index in [2.05, 4.69) is 16.4 Å². The zero-order valence-electron chi connectivity index (χ0n) is 10.6. The Morgan fingerprint density at radius 2 is 2.41 bits per heavy atom. The SMILES string of the molecule is CCC(C#N)(CCCSc1nc(C)co1)NC. The summed E-state index contributed by atoms with van der Waals surface area (Å²) in [5.74, 6) is 0.922. The summed E-state index contributed by atoms with van der Waals surface area (Å²) in [5.41, 5.74) is 0.523. The van der Waals surface area contributed by atoms with Crippen LogP contribution in [0.3, 0.4) is 0 Å². The van der Waals surface area contributed by atoms with E-state index in [4.69, 9.17) is 9.68 Å². The molecule has 0 aliphatic rings. The summed E-state index contributed by atoms with van der Waals surface area (Å²) in [7, 11) is 1.84. The van der Waals surface area contributed by atoms with Gasteiger partial charge in [-0.05, 0) is 33.2 Å². The molecule has 0 aliphatic carbocycles. The topological polar surface area (TPSA) is 61.9 Å². The summed E-state index contributed by atoms with van der Waals surface area (Å²) in [4.78, 5) is 4.22. The molecule has 1 aromatic rings. The van der Waals surface area contributed by atoms with Gasteiger partial charge in [0.25, 0.3) is 5.22 Å². The predicted molar refractivity (Wildman–Crippen MR) is 68.9 cm³/mol. The molecule has 1 heterocycles. The average Bonchev–Trinajstić information content (AvgIpc) is 2.76. The maximum absolute atomic E-state index is 9.15. The van der Waals surface area contributed by atoms with Crippen LogP contribution in [0.2, 0.25) is 0 Å². The van der Waals surface area contributed by atoms with Crippen LogP contribution >= 0.6 is 11.8 Å². The van der Waals surface area contributed by atoms with E-state index < -0.39 is 0 Å². The van der Waals surface area contributed by atoms with Crippen LogP contribution in [0.25, 0.3) is 0 Å². The summed E-state index contributed by atoms with van der Waals surface area (Å²) in [6, 6.07) is 2.36. The Labute approximate surface area is 107 Å². The Morgan fingerprint density at radius 1 is 1.65 bits per heavy atom. The number of oxazole rings is 1. The molecule has 0 amide bonds. The van der Waals surface area contributed by atoms with E-state index >= 15 is 0 Å². The molecule has 94 valence electrons. The highest BCUT2D eigenvalue weighted by Crippen LogP contribution is 2.22. The van der Waals surface area contributed by atoms with Crippen molar-refractivity contribution in [1.82, 2.24) is 10.3 Å². The number of aryl methyl sites for hydroxylation is 1. The second-order valence-electron chi connectivity index (χ2n) is 4.00. The second kappa shape index (κ2) is 6.67. The lowest BCUT2D eigenvalue weighted by Gasteiger charge is -2.23. The number of nitrogens with zero attached hydrogens (tertiary/aromatic N) is 2. The number of rotatable bonds is 7. The Balaban J connectivity index is 2.30. The Bertz CT molecular complexity index is 379. The fraction of sp³-hybridized carbons (Fsp3) is 0.667. The molecule has 1 N–H and O–H groups in total. The minimum atomic E-state index is -0.382. The fourth-order valence-corrected chi connectivity index (χ4v) is 2.39. The number of hydrogen-bond acceptors (Lipinski definition) is 5. The van der Waals surface area contributed by atoms with E-state index in [9.17, 15) is 0 Å². The van der Waals surface area contributed by atoms with Crippen LogP contribution in [0, 0.1) is 18.3 Å². The van der Waals surface area contributed by atoms with Gasteiger partial charge in [0, 0.05) is 5.75 Å². The first-order chi connectivity index (χ1) is 8.15. The average molecular weight is 253 g/mol. The molecule has 0 radical (unpaired) electrons. The predicted octanol–water partition coefficient (Wildman–Crippen LogP) is 2.75. The summed E-state index contributed by atoms with van der Waals surface area (Å²) in [5, 5.41) is 13.0. The summed E-state index contributed by atoms with van der Waals surface area (Å²) < 4.78 is 5.25. The lowest BCUT2D eigenvalue weighted by atomic mass is 9.93. The zero-order valence-corrected chi connectivity index (χ0v) is 11.4. The first kappa shape index (κ1) is 14.1. The van der Waals surface area contributed by atoms with Crippen molar-refractivity contribution in [2.45, 2.75) is 43.9 Å². The van der Waals surface area contributed by atoms with Crippen molar-refractivity contribution < 1.29 is 4.42 Å². The molecule has 0 saturated carbocycles. The number of nitriles is 1. The molecule has 0 saturated heterocycles. The third kappa shape index (κ3) is 4.06. The molecule has 0 spiro atoms. The summed E-state index contributed by atoms with van der Waals surface area (Å²) >= 11 is 1.60. The van der Waals surface area contributed by atoms with Crippen LogP contribution in [-0.2, 0) is 0 Å². The number of thioether (sulfide) groups is 1. The number of aromatic nitrogens is 1. The van der Waals surface area contributed by atoms with Gasteiger partial charge in [0.05, 0.1) is 11.8 Å². The van der Waals surface area contributed by atoms with Crippen molar-refractivity contribution in [1.29, 1.82) is 5.26 Å². The van der Waals surface area contributed by atoms with Crippen LogP contribution in [0.15, 0.2) is 15.9 Å². The van der Waals surface area contributed by atoms with E-state index in [0.717, 1.165) is 30.7 Å². The minimum absolute atomic E-state index is 0.382. The second-order valence-corrected chi connectivity index (χ2v) is 5.05. The lowest BCUT2D eigenvalue weighted by molar-refractivity contribution is 0.400. The van der Waals surface area contributed by atoms with E-state index in [1.807, 2.05) is 20.9 Å². The third-order valence-corrected chi connectivity index (χ3v) is 3.79. The standard InChI is InChI=1S/C12H19N3OS/c1-4-12(9-13,14-3)6-5-7-17-11-15-10(2)8-16-11/h8,14H,4-7H2,1-3H3. The van der Waals surface area contributed by atoms with Gasteiger partial charge < -0.3 is 9.73 Å². The third-order valence-electron chi connectivity index (χ3n) is 2.87. The van der Waals surface area contributed by atoms with Crippen molar-refractivity contribution >= 4 is 11.8 Å². The Hall–Kier alpha value is -0.990. The van der Waals surface area contributed by atoms with Crippen LogP contribution < -0.4 is 5.32 Å². The number of hydrogen-bond donors (Lipinski definition) is 1. The minimum Gasteiger partial charge on any atom is -0.440 e. The Kier molecular flexibility index (Phi) is 5.52. The van der Waals surface area contributed by atoms with Gasteiger partial charge in [-0.3, -0.25) is 0 Å². The molecule has 0 fully saturated rings. The maximum Gasteiger partial charge on any atom is 0.255 e. The normalized spacial score (nSPS) is 14.2. The first-order valence-corrected chi connectivity index (χ1v) is 6.79. The monoisotopic (exact) mass is 253 g/mol. The summed E-state index contributed by atoms with van der Waals surface area (Å²) in [6.07, 6.45) is 4.29. The molecule has 0 aromatic carbocycles. The van der Waals surface area contributed by atoms with Crippen LogP contribution in [-0.4, -0.2) is 23.3 Å². The van der Waals surface area contributed by atoms with Gasteiger partial charge in [0.15, 0.2) is 0 Å². The van der Waals surface area contributed by atoms with Crippen LogP contribution in [0.5, 0.6) is 0 Å². The van der Waals surface area contributed by atoms with Gasteiger partial charge in [-0.15, -0.1) is 0 Å². The highest BCUT2D eigenvalue weighted by molar-refractivity contribution is 7.99. The maximum atomic E-state index is 9.15. The smallest absolute Gasteiger partial charge is 0.255 e. The molecule has 0 aliphatic heterocycles. The first-order valence-electron chi connectivity index (χ1n) is 5.81. The molecule has 1 aromatic heterocycles. The molecular formula is C12H19N3OS. The van der Waals surface area contributed by atoms with Crippen LogP contribution in [0.1, 0.15) is 31.9 Å². The molecule has 4 nitrogen and oxygen atoms in total. The van der Waals surface area contributed by atoms with Crippen molar-refractivity contribution in [3.8, 4) is 6.07 Å². The van der Waals surface area contributed by atoms with E-state index in [1.165, 1.54) is 0 Å². The van der Waals surface area contributed by atoms with Gasteiger partial charge in [0.1, 0.15) is 11.8 Å². The van der Waals surface area contributed by atoms with Gasteiger partial charge in [-0.2, -0.15) is 5.26 Å². The van der Waals surface area contributed by atoms with Crippen molar-refractivity contribution in [3.63, 3.8) is 0 Å². The number of nitrogens with one attached hydrogen (secondary N) is 1. The molecular weight excluding hydrogens is 234 g/mol. The lowest BCUT2D eigenvalue weighted by Crippen LogP contribution is -2.40. The highest BCUT2D eigenvalue weighted by Gasteiger charge is 2.24. The quantitative estimate of drug-likeness (QED) is 0.598. The van der Waals surface area contributed by atoms with Crippen molar-refractivity contribution in [3.05, 3.63) is 12.0 Å². The molecule has 1 atom stereocenters.